The Morgan fingerprint density at radius 3 is 2.68 bits per heavy atom. The minimum atomic E-state index is -1.08. The van der Waals surface area contributed by atoms with E-state index in [1.807, 2.05) is 6.07 Å². The summed E-state index contributed by atoms with van der Waals surface area (Å²) in [5.41, 5.74) is 0.647. The van der Waals surface area contributed by atoms with Gasteiger partial charge in [0.1, 0.15) is 5.69 Å². The van der Waals surface area contributed by atoms with Crippen molar-refractivity contribution in [2.45, 2.75) is 6.54 Å². The molecule has 22 heavy (non-hydrogen) atoms. The molecule has 0 spiro atoms. The quantitative estimate of drug-likeness (QED) is 0.576. The fourth-order valence-electron chi connectivity index (χ4n) is 2.31. The van der Waals surface area contributed by atoms with Crippen molar-refractivity contribution in [2.75, 3.05) is 0 Å². The van der Waals surface area contributed by atoms with Crippen molar-refractivity contribution >= 4 is 45.5 Å². The maximum atomic E-state index is 11.4. The molecule has 0 unspecified atom stereocenters. The number of nitro benzene ring substituents is 1. The van der Waals surface area contributed by atoms with Gasteiger partial charge in [-0.1, -0.05) is 11.6 Å². The van der Waals surface area contributed by atoms with Gasteiger partial charge in [0.15, 0.2) is 0 Å². The highest BCUT2D eigenvalue weighted by molar-refractivity contribution is 7.16. The molecular formula is C14H9ClN2O4S. The van der Waals surface area contributed by atoms with Crippen LogP contribution in [-0.2, 0) is 6.54 Å². The number of hydrogen-bond acceptors (Lipinski definition) is 4. The number of benzene rings is 1. The average molecular weight is 337 g/mol. The summed E-state index contributed by atoms with van der Waals surface area (Å²) in [6.07, 6.45) is 0. The predicted octanol–water partition coefficient (Wildman–Crippen LogP) is 4.01. The molecule has 2 aromatic heterocycles. The van der Waals surface area contributed by atoms with Crippen LogP contribution in [0.1, 0.15) is 15.4 Å². The first kappa shape index (κ1) is 14.6. The van der Waals surface area contributed by atoms with Crippen molar-refractivity contribution in [3.8, 4) is 0 Å². The van der Waals surface area contributed by atoms with Crippen LogP contribution in [0.4, 0.5) is 5.69 Å². The molecule has 0 bridgehead atoms. The number of halogens is 1. The molecule has 0 amide bonds. The number of carbonyl (C=O) groups is 1. The number of hydrogen-bond donors (Lipinski definition) is 1. The second-order valence-corrected chi connectivity index (χ2v) is 6.43. The molecule has 0 fully saturated rings. The van der Waals surface area contributed by atoms with Gasteiger partial charge in [-0.2, -0.15) is 0 Å². The molecule has 1 N–H and O–H groups in total. The predicted molar refractivity (Wildman–Crippen MR) is 84.0 cm³/mol. The van der Waals surface area contributed by atoms with E-state index >= 15 is 0 Å². The van der Waals surface area contributed by atoms with Gasteiger partial charge < -0.3 is 9.67 Å². The molecule has 2 heterocycles. The zero-order valence-corrected chi connectivity index (χ0v) is 12.6. The van der Waals surface area contributed by atoms with E-state index in [-0.39, 0.29) is 11.4 Å². The van der Waals surface area contributed by atoms with Gasteiger partial charge in [0.2, 0.25) is 0 Å². The zero-order valence-electron chi connectivity index (χ0n) is 11.0. The highest BCUT2D eigenvalue weighted by atomic mass is 35.5. The molecular weight excluding hydrogens is 328 g/mol. The summed E-state index contributed by atoms with van der Waals surface area (Å²) >= 11 is 7.26. The molecule has 0 radical (unpaired) electrons. The first-order chi connectivity index (χ1) is 10.5. The SMILES string of the molecule is O=C(O)c1cc2cc([N+](=O)[O-])ccc2n1Cc1ccc(Cl)s1. The Bertz CT molecular complexity index is 900. The summed E-state index contributed by atoms with van der Waals surface area (Å²) in [5, 5.41) is 20.7. The van der Waals surface area contributed by atoms with Gasteiger partial charge in [0.05, 0.1) is 15.8 Å². The lowest BCUT2D eigenvalue weighted by molar-refractivity contribution is -0.384. The normalized spacial score (nSPS) is 11.0. The number of aromatic carboxylic acids is 1. The van der Waals surface area contributed by atoms with Gasteiger partial charge >= 0.3 is 5.97 Å². The number of thiophene rings is 1. The van der Waals surface area contributed by atoms with Crippen LogP contribution < -0.4 is 0 Å². The van der Waals surface area contributed by atoms with Crippen LogP contribution in [0.25, 0.3) is 10.9 Å². The smallest absolute Gasteiger partial charge is 0.352 e. The van der Waals surface area contributed by atoms with Crippen LogP contribution in [-0.4, -0.2) is 20.6 Å². The fraction of sp³-hybridized carbons (Fsp3) is 0.0714. The lowest BCUT2D eigenvalue weighted by Gasteiger charge is -2.06. The van der Waals surface area contributed by atoms with Gasteiger partial charge in [0, 0.05) is 27.9 Å². The van der Waals surface area contributed by atoms with Gasteiger partial charge in [-0.15, -0.1) is 11.3 Å². The Kier molecular flexibility index (Phi) is 3.59. The number of carboxylic acid groups (broad SMARTS) is 1. The summed E-state index contributed by atoms with van der Waals surface area (Å²) in [4.78, 5) is 22.7. The van der Waals surface area contributed by atoms with Gasteiger partial charge in [0.25, 0.3) is 5.69 Å². The second-order valence-electron chi connectivity index (χ2n) is 4.63. The third-order valence-electron chi connectivity index (χ3n) is 3.26. The molecule has 0 atom stereocenters. The van der Waals surface area contributed by atoms with Crippen LogP contribution in [0.5, 0.6) is 0 Å². The molecule has 0 aliphatic heterocycles. The Hall–Kier alpha value is -2.38. The molecule has 0 saturated heterocycles. The molecule has 0 aliphatic carbocycles. The zero-order chi connectivity index (χ0) is 15.9. The highest BCUT2D eigenvalue weighted by Crippen LogP contribution is 2.28. The Morgan fingerprint density at radius 2 is 2.09 bits per heavy atom. The van der Waals surface area contributed by atoms with Crippen LogP contribution >= 0.6 is 22.9 Å². The van der Waals surface area contributed by atoms with E-state index < -0.39 is 10.9 Å². The topological polar surface area (TPSA) is 85.4 Å². The van der Waals surface area contributed by atoms with Crippen molar-refractivity contribution in [3.63, 3.8) is 0 Å². The average Bonchev–Trinajstić information content (AvgIpc) is 3.03. The number of rotatable bonds is 4. The van der Waals surface area contributed by atoms with E-state index in [1.165, 1.54) is 29.5 Å². The van der Waals surface area contributed by atoms with Crippen molar-refractivity contribution in [1.82, 2.24) is 4.57 Å². The van der Waals surface area contributed by atoms with E-state index in [2.05, 4.69) is 0 Å². The largest absolute Gasteiger partial charge is 0.477 e. The lowest BCUT2D eigenvalue weighted by Crippen LogP contribution is -2.08. The Labute approximate surface area is 133 Å². The van der Waals surface area contributed by atoms with Crippen LogP contribution in [0.3, 0.4) is 0 Å². The molecule has 1 aromatic carbocycles. The van der Waals surface area contributed by atoms with Gasteiger partial charge in [-0.3, -0.25) is 10.1 Å². The van der Waals surface area contributed by atoms with Crippen LogP contribution in [0.2, 0.25) is 4.34 Å². The minimum Gasteiger partial charge on any atom is -0.477 e. The van der Waals surface area contributed by atoms with E-state index in [0.29, 0.717) is 21.8 Å². The summed E-state index contributed by atoms with van der Waals surface area (Å²) < 4.78 is 2.24. The lowest BCUT2D eigenvalue weighted by atomic mass is 10.2. The second kappa shape index (κ2) is 5.43. The number of fused-ring (bicyclic) bond motifs is 1. The summed E-state index contributed by atoms with van der Waals surface area (Å²) in [6.45, 7) is 0.348. The maximum Gasteiger partial charge on any atom is 0.352 e. The van der Waals surface area contributed by atoms with E-state index in [1.54, 1.807) is 16.7 Å². The van der Waals surface area contributed by atoms with Crippen molar-refractivity contribution in [3.05, 3.63) is 61.4 Å². The first-order valence-electron chi connectivity index (χ1n) is 6.21. The molecule has 112 valence electrons. The standard InChI is InChI=1S/C14H9ClN2O4S/c15-13-4-2-10(22-13)7-16-11-3-1-9(17(20)21)5-8(11)6-12(16)14(18)19/h1-6H,7H2,(H,18,19). The Balaban J connectivity index is 2.15. The van der Waals surface area contributed by atoms with Crippen molar-refractivity contribution in [2.24, 2.45) is 0 Å². The number of nitrogens with zero attached hydrogens (tertiary/aromatic N) is 2. The molecule has 3 aromatic rings. The molecule has 0 aliphatic rings. The fourth-order valence-corrected chi connectivity index (χ4v) is 3.39. The number of nitro groups is 1. The van der Waals surface area contributed by atoms with Gasteiger partial charge in [-0.05, 0) is 24.3 Å². The number of aromatic nitrogens is 1. The molecule has 3 rings (SSSR count). The highest BCUT2D eigenvalue weighted by Gasteiger charge is 2.17. The number of non-ortho nitro benzene ring substituents is 1. The molecule has 0 saturated carbocycles. The minimum absolute atomic E-state index is 0.0687. The maximum absolute atomic E-state index is 11.4. The monoisotopic (exact) mass is 336 g/mol. The Morgan fingerprint density at radius 1 is 1.32 bits per heavy atom. The van der Waals surface area contributed by atoms with Crippen LogP contribution in [0.15, 0.2) is 36.4 Å². The van der Waals surface area contributed by atoms with E-state index in [9.17, 15) is 20.0 Å². The molecule has 8 heteroatoms. The van der Waals surface area contributed by atoms with Crippen LogP contribution in [0, 0.1) is 10.1 Å². The third-order valence-corrected chi connectivity index (χ3v) is 4.47. The summed E-state index contributed by atoms with van der Waals surface area (Å²) in [6, 6.07) is 9.33. The van der Waals surface area contributed by atoms with Crippen molar-refractivity contribution < 1.29 is 14.8 Å². The van der Waals surface area contributed by atoms with Crippen molar-refractivity contribution in [1.29, 1.82) is 0 Å². The van der Waals surface area contributed by atoms with E-state index in [0.717, 1.165) is 4.88 Å². The van der Waals surface area contributed by atoms with Gasteiger partial charge in [-0.25, -0.2) is 4.79 Å². The summed E-state index contributed by atoms with van der Waals surface area (Å²) in [5.74, 6) is -1.08. The molecule has 6 nitrogen and oxygen atoms in total. The third kappa shape index (κ3) is 2.56. The first-order valence-corrected chi connectivity index (χ1v) is 7.40. The summed E-state index contributed by atoms with van der Waals surface area (Å²) in [7, 11) is 0. The number of carboxylic acids is 1. The van der Waals surface area contributed by atoms with E-state index in [4.69, 9.17) is 11.6 Å².